The number of aromatic amines is 1. The number of hydrogen-bond donors (Lipinski definition) is 2. The van der Waals surface area contributed by atoms with Crippen LogP contribution in [0.15, 0.2) is 10.9 Å². The van der Waals surface area contributed by atoms with Crippen molar-refractivity contribution in [3.05, 3.63) is 22.1 Å². The van der Waals surface area contributed by atoms with Gasteiger partial charge in [0.05, 0.1) is 12.3 Å². The van der Waals surface area contributed by atoms with E-state index in [0.29, 0.717) is 18.2 Å². The summed E-state index contributed by atoms with van der Waals surface area (Å²) in [5.41, 5.74) is 0.468. The molecule has 0 spiro atoms. The number of nitrogens with zero attached hydrogens (tertiary/aromatic N) is 1. The van der Waals surface area contributed by atoms with Crippen molar-refractivity contribution in [3.8, 4) is 0 Å². The van der Waals surface area contributed by atoms with Gasteiger partial charge in [0, 0.05) is 19.2 Å². The molecule has 0 aromatic carbocycles. The van der Waals surface area contributed by atoms with E-state index < -0.39 is 0 Å². The van der Waals surface area contributed by atoms with Crippen LogP contribution in [0, 0.1) is 0 Å². The third kappa shape index (κ3) is 3.71. The van der Waals surface area contributed by atoms with E-state index in [9.17, 15) is 4.79 Å². The standard InChI is InChI=1S/C10H17N3O2/c1-4-7(2)11-10-12-8(6-15-3)5-9(14)13-10/h5,7H,4,6H2,1-3H3,(H2,11,12,13,14). The Labute approximate surface area is 88.9 Å². The lowest BCUT2D eigenvalue weighted by Gasteiger charge is -2.11. The van der Waals surface area contributed by atoms with E-state index >= 15 is 0 Å². The normalized spacial score (nSPS) is 12.5. The third-order valence-electron chi connectivity index (χ3n) is 2.08. The number of anilines is 1. The molecule has 1 unspecified atom stereocenters. The largest absolute Gasteiger partial charge is 0.378 e. The molecule has 0 aliphatic rings. The summed E-state index contributed by atoms with van der Waals surface area (Å²) in [7, 11) is 1.57. The van der Waals surface area contributed by atoms with Crippen LogP contribution >= 0.6 is 0 Å². The highest BCUT2D eigenvalue weighted by Crippen LogP contribution is 2.02. The minimum absolute atomic E-state index is 0.164. The Morgan fingerprint density at radius 3 is 3.00 bits per heavy atom. The van der Waals surface area contributed by atoms with Crippen molar-refractivity contribution in [3.63, 3.8) is 0 Å². The lowest BCUT2D eigenvalue weighted by molar-refractivity contribution is 0.181. The van der Waals surface area contributed by atoms with E-state index in [0.717, 1.165) is 6.42 Å². The maximum atomic E-state index is 11.3. The average molecular weight is 211 g/mol. The summed E-state index contributed by atoms with van der Waals surface area (Å²) in [6.07, 6.45) is 0.970. The second kappa shape index (κ2) is 5.50. The van der Waals surface area contributed by atoms with Crippen molar-refractivity contribution in [1.29, 1.82) is 0 Å². The summed E-state index contributed by atoms with van der Waals surface area (Å²) in [5.74, 6) is 0.504. The van der Waals surface area contributed by atoms with Crippen LogP contribution in [0.5, 0.6) is 0 Å². The van der Waals surface area contributed by atoms with E-state index in [4.69, 9.17) is 4.74 Å². The molecule has 0 saturated carbocycles. The van der Waals surface area contributed by atoms with Crippen molar-refractivity contribution in [2.75, 3.05) is 12.4 Å². The number of hydrogen-bond acceptors (Lipinski definition) is 4. The molecule has 1 atom stereocenters. The van der Waals surface area contributed by atoms with Gasteiger partial charge in [-0.05, 0) is 13.3 Å². The molecule has 0 fully saturated rings. The summed E-state index contributed by atoms with van der Waals surface area (Å²) in [5, 5.41) is 3.11. The predicted octanol–water partition coefficient (Wildman–Crippen LogP) is 1.13. The topological polar surface area (TPSA) is 67.0 Å². The molecule has 84 valence electrons. The monoisotopic (exact) mass is 211 g/mol. The Morgan fingerprint density at radius 2 is 2.40 bits per heavy atom. The molecule has 0 aliphatic carbocycles. The first kappa shape index (κ1) is 11.7. The van der Waals surface area contributed by atoms with Crippen molar-refractivity contribution < 1.29 is 4.74 Å². The maximum Gasteiger partial charge on any atom is 0.252 e. The molecule has 2 N–H and O–H groups in total. The van der Waals surface area contributed by atoms with E-state index in [-0.39, 0.29) is 11.6 Å². The van der Waals surface area contributed by atoms with Gasteiger partial charge < -0.3 is 10.1 Å². The van der Waals surface area contributed by atoms with Gasteiger partial charge in [0.25, 0.3) is 5.56 Å². The highest BCUT2D eigenvalue weighted by molar-refractivity contribution is 5.26. The molecular weight excluding hydrogens is 194 g/mol. The highest BCUT2D eigenvalue weighted by atomic mass is 16.5. The van der Waals surface area contributed by atoms with Crippen molar-refractivity contribution >= 4 is 5.95 Å². The average Bonchev–Trinajstić information content (AvgIpc) is 2.17. The Bertz CT molecular complexity index is 362. The number of ether oxygens (including phenoxy) is 1. The van der Waals surface area contributed by atoms with Gasteiger partial charge in [-0.15, -0.1) is 0 Å². The minimum Gasteiger partial charge on any atom is -0.378 e. The SMILES string of the molecule is CCC(C)Nc1nc(COC)cc(=O)[nH]1. The number of rotatable bonds is 5. The fourth-order valence-corrected chi connectivity index (χ4v) is 1.13. The summed E-state index contributed by atoms with van der Waals surface area (Å²) < 4.78 is 4.93. The first-order valence-corrected chi connectivity index (χ1v) is 5.01. The van der Waals surface area contributed by atoms with Crippen LogP contribution < -0.4 is 10.9 Å². The fraction of sp³-hybridized carbons (Fsp3) is 0.600. The molecule has 5 nitrogen and oxygen atoms in total. The number of aromatic nitrogens is 2. The van der Waals surface area contributed by atoms with E-state index in [1.165, 1.54) is 6.07 Å². The molecule has 1 aromatic rings. The zero-order chi connectivity index (χ0) is 11.3. The maximum absolute atomic E-state index is 11.3. The van der Waals surface area contributed by atoms with Crippen molar-refractivity contribution in [2.24, 2.45) is 0 Å². The molecule has 1 rings (SSSR count). The number of H-pyrrole nitrogens is 1. The fourth-order valence-electron chi connectivity index (χ4n) is 1.13. The number of nitrogens with one attached hydrogen (secondary N) is 2. The third-order valence-corrected chi connectivity index (χ3v) is 2.08. The van der Waals surface area contributed by atoms with Gasteiger partial charge in [-0.2, -0.15) is 0 Å². The second-order valence-corrected chi connectivity index (χ2v) is 3.47. The Kier molecular flexibility index (Phi) is 4.30. The van der Waals surface area contributed by atoms with Crippen LogP contribution in [0.4, 0.5) is 5.95 Å². The van der Waals surface area contributed by atoms with Gasteiger partial charge in [0.2, 0.25) is 5.95 Å². The van der Waals surface area contributed by atoms with Crippen LogP contribution in [0.3, 0.4) is 0 Å². The van der Waals surface area contributed by atoms with Gasteiger partial charge >= 0.3 is 0 Å². The van der Waals surface area contributed by atoms with Crippen LogP contribution in [0.1, 0.15) is 26.0 Å². The lowest BCUT2D eigenvalue weighted by Crippen LogP contribution is -2.20. The van der Waals surface area contributed by atoms with Crippen LogP contribution in [-0.2, 0) is 11.3 Å². The van der Waals surface area contributed by atoms with E-state index in [1.807, 2.05) is 6.92 Å². The Hall–Kier alpha value is -1.36. The molecule has 1 aromatic heterocycles. The Balaban J connectivity index is 2.83. The van der Waals surface area contributed by atoms with Crippen LogP contribution in [-0.4, -0.2) is 23.1 Å². The minimum atomic E-state index is -0.164. The molecule has 0 bridgehead atoms. The molecular formula is C10H17N3O2. The second-order valence-electron chi connectivity index (χ2n) is 3.47. The lowest BCUT2D eigenvalue weighted by atomic mass is 10.3. The summed E-state index contributed by atoms with van der Waals surface area (Å²) in [4.78, 5) is 18.1. The zero-order valence-electron chi connectivity index (χ0n) is 9.33. The van der Waals surface area contributed by atoms with Gasteiger partial charge in [0.15, 0.2) is 0 Å². The Morgan fingerprint density at radius 1 is 1.67 bits per heavy atom. The number of methoxy groups -OCH3 is 1. The predicted molar refractivity (Wildman–Crippen MR) is 58.9 cm³/mol. The quantitative estimate of drug-likeness (QED) is 0.766. The zero-order valence-corrected chi connectivity index (χ0v) is 9.33. The van der Waals surface area contributed by atoms with E-state index in [1.54, 1.807) is 7.11 Å². The van der Waals surface area contributed by atoms with Gasteiger partial charge in [-0.1, -0.05) is 6.92 Å². The van der Waals surface area contributed by atoms with Crippen molar-refractivity contribution in [1.82, 2.24) is 9.97 Å². The van der Waals surface area contributed by atoms with Crippen LogP contribution in [0.2, 0.25) is 0 Å². The van der Waals surface area contributed by atoms with Gasteiger partial charge in [-0.25, -0.2) is 4.98 Å². The molecule has 0 aliphatic heterocycles. The first-order chi connectivity index (χ1) is 7.15. The summed E-state index contributed by atoms with van der Waals surface area (Å²) in [6, 6.07) is 1.72. The summed E-state index contributed by atoms with van der Waals surface area (Å²) in [6.45, 7) is 4.44. The molecule has 5 heteroatoms. The highest BCUT2D eigenvalue weighted by Gasteiger charge is 2.03. The van der Waals surface area contributed by atoms with Crippen LogP contribution in [0.25, 0.3) is 0 Å². The van der Waals surface area contributed by atoms with Gasteiger partial charge in [-0.3, -0.25) is 9.78 Å². The first-order valence-electron chi connectivity index (χ1n) is 5.01. The molecule has 1 heterocycles. The molecule has 0 radical (unpaired) electrons. The van der Waals surface area contributed by atoms with E-state index in [2.05, 4.69) is 22.2 Å². The van der Waals surface area contributed by atoms with Crippen molar-refractivity contribution in [2.45, 2.75) is 32.9 Å². The molecule has 0 amide bonds. The smallest absolute Gasteiger partial charge is 0.252 e. The molecule has 0 saturated heterocycles. The van der Waals surface area contributed by atoms with Gasteiger partial charge in [0.1, 0.15) is 0 Å². The molecule has 15 heavy (non-hydrogen) atoms. The summed E-state index contributed by atoms with van der Waals surface area (Å²) >= 11 is 0.